The van der Waals surface area contributed by atoms with Crippen LogP contribution >= 0.6 is 0 Å². The van der Waals surface area contributed by atoms with Gasteiger partial charge in [-0.2, -0.15) is 0 Å². The van der Waals surface area contributed by atoms with E-state index in [2.05, 4.69) is 6.58 Å². The van der Waals surface area contributed by atoms with Crippen molar-refractivity contribution < 1.29 is 4.79 Å². The van der Waals surface area contributed by atoms with E-state index in [1.54, 1.807) is 0 Å². The van der Waals surface area contributed by atoms with Crippen LogP contribution in [0.15, 0.2) is 12.7 Å². The van der Waals surface area contributed by atoms with E-state index in [0.717, 1.165) is 12.8 Å². The molecule has 13 heavy (non-hydrogen) atoms. The molecule has 1 unspecified atom stereocenters. The Morgan fingerprint density at radius 2 is 2.31 bits per heavy atom. The fraction of sp³-hybridized carbons (Fsp3) is 0.727. The second-order valence-corrected chi connectivity index (χ2v) is 3.92. The van der Waals surface area contributed by atoms with E-state index in [4.69, 9.17) is 5.73 Å². The lowest BCUT2D eigenvalue weighted by Crippen LogP contribution is -2.25. The number of nitrogens with two attached hydrogens (primary N) is 1. The molecule has 74 valence electrons. The van der Waals surface area contributed by atoms with Gasteiger partial charge in [0.1, 0.15) is 5.78 Å². The van der Waals surface area contributed by atoms with E-state index < -0.39 is 0 Å². The second kappa shape index (κ2) is 5.18. The zero-order valence-electron chi connectivity index (χ0n) is 8.17. The third-order valence-electron chi connectivity index (χ3n) is 2.55. The molecule has 0 spiro atoms. The van der Waals surface area contributed by atoms with Gasteiger partial charge in [-0.25, -0.2) is 0 Å². The highest BCUT2D eigenvalue weighted by Gasteiger charge is 2.29. The van der Waals surface area contributed by atoms with Crippen LogP contribution < -0.4 is 5.73 Å². The fourth-order valence-corrected chi connectivity index (χ4v) is 1.50. The van der Waals surface area contributed by atoms with Crippen LogP contribution in [0.25, 0.3) is 0 Å². The summed E-state index contributed by atoms with van der Waals surface area (Å²) >= 11 is 0. The van der Waals surface area contributed by atoms with Crippen LogP contribution in [0.4, 0.5) is 0 Å². The smallest absolute Gasteiger partial charge is 0.134 e. The molecule has 0 aliphatic heterocycles. The molecule has 0 radical (unpaired) electrons. The zero-order valence-corrected chi connectivity index (χ0v) is 8.17. The standard InChI is InChI=1S/C11H19NO/c1-2-3-4-5-10(13)8-11(12)9-6-7-9/h2,9,11H,1,3-8,12H2. The third-order valence-corrected chi connectivity index (χ3v) is 2.55. The molecular formula is C11H19NO. The van der Waals surface area contributed by atoms with E-state index in [9.17, 15) is 4.79 Å². The summed E-state index contributed by atoms with van der Waals surface area (Å²) in [6, 6.07) is 0.135. The molecule has 0 aromatic carbocycles. The summed E-state index contributed by atoms with van der Waals surface area (Å²) < 4.78 is 0. The van der Waals surface area contributed by atoms with Crippen molar-refractivity contribution in [3.63, 3.8) is 0 Å². The molecule has 1 saturated carbocycles. The quantitative estimate of drug-likeness (QED) is 0.482. The highest BCUT2D eigenvalue weighted by atomic mass is 16.1. The lowest BCUT2D eigenvalue weighted by Gasteiger charge is -2.07. The lowest BCUT2D eigenvalue weighted by atomic mass is 10.0. The summed E-state index contributed by atoms with van der Waals surface area (Å²) in [5.41, 5.74) is 5.84. The van der Waals surface area contributed by atoms with Crippen molar-refractivity contribution in [2.24, 2.45) is 11.7 Å². The van der Waals surface area contributed by atoms with Crippen LogP contribution in [0.2, 0.25) is 0 Å². The average Bonchev–Trinajstić information content (AvgIpc) is 2.86. The SMILES string of the molecule is C=CCCCC(=O)CC(N)C1CC1. The Morgan fingerprint density at radius 1 is 1.62 bits per heavy atom. The van der Waals surface area contributed by atoms with Gasteiger partial charge in [-0.3, -0.25) is 4.79 Å². The number of hydrogen-bond acceptors (Lipinski definition) is 2. The van der Waals surface area contributed by atoms with Gasteiger partial charge in [0, 0.05) is 18.9 Å². The summed E-state index contributed by atoms with van der Waals surface area (Å²) in [7, 11) is 0. The maximum atomic E-state index is 11.3. The molecule has 1 atom stereocenters. The molecule has 1 aliphatic rings. The third kappa shape index (κ3) is 4.23. The number of rotatable bonds is 7. The number of carbonyl (C=O) groups excluding carboxylic acids is 1. The zero-order chi connectivity index (χ0) is 9.68. The van der Waals surface area contributed by atoms with Crippen LogP contribution in [-0.4, -0.2) is 11.8 Å². The molecule has 2 N–H and O–H groups in total. The van der Waals surface area contributed by atoms with Crippen LogP contribution in [0.3, 0.4) is 0 Å². The molecule has 0 bridgehead atoms. The van der Waals surface area contributed by atoms with Crippen molar-refractivity contribution in [1.82, 2.24) is 0 Å². The van der Waals surface area contributed by atoms with Gasteiger partial charge in [-0.1, -0.05) is 6.08 Å². The predicted molar refractivity (Wildman–Crippen MR) is 54.4 cm³/mol. The first kappa shape index (κ1) is 10.5. The maximum absolute atomic E-state index is 11.3. The van der Waals surface area contributed by atoms with E-state index in [-0.39, 0.29) is 6.04 Å². The Morgan fingerprint density at radius 3 is 2.85 bits per heavy atom. The summed E-state index contributed by atoms with van der Waals surface area (Å²) in [5, 5.41) is 0. The fourth-order valence-electron chi connectivity index (χ4n) is 1.50. The van der Waals surface area contributed by atoms with Crippen molar-refractivity contribution in [2.75, 3.05) is 0 Å². The van der Waals surface area contributed by atoms with Crippen molar-refractivity contribution in [2.45, 2.75) is 44.6 Å². The molecule has 0 aromatic rings. The topological polar surface area (TPSA) is 43.1 Å². The van der Waals surface area contributed by atoms with E-state index in [1.807, 2.05) is 6.08 Å². The van der Waals surface area contributed by atoms with Crippen LogP contribution in [-0.2, 0) is 4.79 Å². The van der Waals surface area contributed by atoms with E-state index in [1.165, 1.54) is 12.8 Å². The highest BCUT2D eigenvalue weighted by Crippen LogP contribution is 2.32. The number of carbonyl (C=O) groups is 1. The molecule has 1 aliphatic carbocycles. The van der Waals surface area contributed by atoms with Gasteiger partial charge in [0.05, 0.1) is 0 Å². The molecule has 0 aromatic heterocycles. The molecule has 0 amide bonds. The van der Waals surface area contributed by atoms with Crippen molar-refractivity contribution in [3.05, 3.63) is 12.7 Å². The molecule has 2 nitrogen and oxygen atoms in total. The van der Waals surface area contributed by atoms with Crippen LogP contribution in [0.5, 0.6) is 0 Å². The highest BCUT2D eigenvalue weighted by molar-refractivity contribution is 5.79. The number of allylic oxidation sites excluding steroid dienone is 1. The molecule has 1 rings (SSSR count). The van der Waals surface area contributed by atoms with Gasteiger partial charge in [0.25, 0.3) is 0 Å². The number of unbranched alkanes of at least 4 members (excludes halogenated alkanes) is 1. The molecular weight excluding hydrogens is 162 g/mol. The maximum Gasteiger partial charge on any atom is 0.134 e. The predicted octanol–water partition coefficient (Wildman–Crippen LogP) is 2.04. The van der Waals surface area contributed by atoms with Gasteiger partial charge in [-0.05, 0) is 31.6 Å². The number of Topliss-reactive ketones (excluding diaryl/α,β-unsaturated/α-hetero) is 1. The Bertz CT molecular complexity index is 185. The second-order valence-electron chi connectivity index (χ2n) is 3.92. The molecule has 0 heterocycles. The van der Waals surface area contributed by atoms with Gasteiger partial charge in [-0.15, -0.1) is 6.58 Å². The summed E-state index contributed by atoms with van der Waals surface area (Å²) in [6.45, 7) is 3.62. The Labute approximate surface area is 80.2 Å². The molecule has 0 saturated heterocycles. The van der Waals surface area contributed by atoms with E-state index in [0.29, 0.717) is 24.5 Å². The first-order valence-electron chi connectivity index (χ1n) is 5.12. The molecule has 1 fully saturated rings. The summed E-state index contributed by atoms with van der Waals surface area (Å²) in [6.07, 6.45) is 7.43. The number of hydrogen-bond donors (Lipinski definition) is 1. The molecule has 2 heteroatoms. The van der Waals surface area contributed by atoms with E-state index >= 15 is 0 Å². The Hall–Kier alpha value is -0.630. The van der Waals surface area contributed by atoms with Gasteiger partial charge < -0.3 is 5.73 Å². The van der Waals surface area contributed by atoms with Crippen LogP contribution in [0, 0.1) is 5.92 Å². The van der Waals surface area contributed by atoms with Gasteiger partial charge in [0.2, 0.25) is 0 Å². The van der Waals surface area contributed by atoms with Crippen molar-refractivity contribution in [3.8, 4) is 0 Å². The van der Waals surface area contributed by atoms with Gasteiger partial charge >= 0.3 is 0 Å². The first-order valence-corrected chi connectivity index (χ1v) is 5.12. The van der Waals surface area contributed by atoms with Crippen LogP contribution in [0.1, 0.15) is 38.5 Å². The Kier molecular flexibility index (Phi) is 4.16. The lowest BCUT2D eigenvalue weighted by molar-refractivity contribution is -0.119. The minimum Gasteiger partial charge on any atom is -0.327 e. The normalized spacial score (nSPS) is 18.2. The monoisotopic (exact) mass is 181 g/mol. The van der Waals surface area contributed by atoms with Crippen molar-refractivity contribution >= 4 is 5.78 Å². The minimum absolute atomic E-state index is 0.135. The first-order chi connectivity index (χ1) is 6.24. The van der Waals surface area contributed by atoms with Gasteiger partial charge in [0.15, 0.2) is 0 Å². The number of ketones is 1. The largest absolute Gasteiger partial charge is 0.327 e. The minimum atomic E-state index is 0.135. The average molecular weight is 181 g/mol. The summed E-state index contributed by atoms with van der Waals surface area (Å²) in [5.74, 6) is 0.963. The Balaban J connectivity index is 2.05. The van der Waals surface area contributed by atoms with Crippen molar-refractivity contribution in [1.29, 1.82) is 0 Å². The summed E-state index contributed by atoms with van der Waals surface area (Å²) in [4.78, 5) is 11.3.